The fourth-order valence-corrected chi connectivity index (χ4v) is 0.829. The van der Waals surface area contributed by atoms with Gasteiger partial charge in [-0.15, -0.1) is 0 Å². The summed E-state index contributed by atoms with van der Waals surface area (Å²) in [6.45, 7) is 8.07. The van der Waals surface area contributed by atoms with Gasteiger partial charge in [0.15, 0.2) is 0 Å². The molecule has 0 nitrogen and oxygen atoms in total. The predicted octanol–water partition coefficient (Wildman–Crippen LogP) is 3.85. The maximum Gasteiger partial charge on any atom is 0.0205 e. The predicted molar refractivity (Wildman–Crippen MR) is 50.3 cm³/mol. The van der Waals surface area contributed by atoms with Crippen LogP contribution >= 0.6 is 31.9 Å². The summed E-state index contributed by atoms with van der Waals surface area (Å²) in [5.41, 5.74) is 0. The van der Waals surface area contributed by atoms with Crippen LogP contribution in [0.4, 0.5) is 0 Å². The fraction of sp³-hybridized carbons (Fsp3) is 0.714. The zero-order chi connectivity index (χ0) is 7.49. The van der Waals surface area contributed by atoms with Crippen LogP contribution in [0.5, 0.6) is 0 Å². The van der Waals surface area contributed by atoms with Crippen molar-refractivity contribution in [3.8, 4) is 0 Å². The highest BCUT2D eigenvalue weighted by atomic mass is 79.9. The standard InChI is InChI=1S/C7H12Br2/c1-6(8)4-5-7(2,3)9/h1,4-5H2,2-3H3. The highest BCUT2D eigenvalue weighted by molar-refractivity contribution is 9.11. The molecule has 0 heterocycles. The molecule has 0 radical (unpaired) electrons. The van der Waals surface area contributed by atoms with Gasteiger partial charge in [-0.3, -0.25) is 0 Å². The first-order valence-electron chi connectivity index (χ1n) is 2.94. The minimum Gasteiger partial charge on any atom is -0.0889 e. The second-order valence-electron chi connectivity index (χ2n) is 2.74. The molecular weight excluding hydrogens is 244 g/mol. The van der Waals surface area contributed by atoms with Crippen molar-refractivity contribution in [1.29, 1.82) is 0 Å². The first-order chi connectivity index (χ1) is 3.92. The van der Waals surface area contributed by atoms with Gasteiger partial charge in [0.2, 0.25) is 0 Å². The Bertz CT molecular complexity index is 100.0. The molecule has 0 bridgehead atoms. The molecule has 9 heavy (non-hydrogen) atoms. The van der Waals surface area contributed by atoms with Crippen LogP contribution in [0.3, 0.4) is 0 Å². The summed E-state index contributed by atoms with van der Waals surface area (Å²) < 4.78 is 1.33. The van der Waals surface area contributed by atoms with Gasteiger partial charge in [0.1, 0.15) is 0 Å². The van der Waals surface area contributed by atoms with Crippen molar-refractivity contribution in [2.75, 3.05) is 0 Å². The van der Waals surface area contributed by atoms with Crippen LogP contribution in [0.15, 0.2) is 11.1 Å². The van der Waals surface area contributed by atoms with Crippen molar-refractivity contribution >= 4 is 31.9 Å². The fourth-order valence-electron chi connectivity index (χ4n) is 0.433. The van der Waals surface area contributed by atoms with E-state index in [-0.39, 0.29) is 4.32 Å². The van der Waals surface area contributed by atoms with E-state index >= 15 is 0 Å². The molecular formula is C7H12Br2. The van der Waals surface area contributed by atoms with Gasteiger partial charge < -0.3 is 0 Å². The molecule has 2 heteroatoms. The molecule has 0 aliphatic heterocycles. The van der Waals surface area contributed by atoms with Crippen molar-refractivity contribution in [2.45, 2.75) is 31.0 Å². The number of rotatable bonds is 3. The van der Waals surface area contributed by atoms with E-state index < -0.39 is 0 Å². The third-order valence-electron chi connectivity index (χ3n) is 0.991. The van der Waals surface area contributed by atoms with Gasteiger partial charge in [0.25, 0.3) is 0 Å². The molecule has 0 aliphatic carbocycles. The molecule has 54 valence electrons. The van der Waals surface area contributed by atoms with Gasteiger partial charge in [0.05, 0.1) is 0 Å². The largest absolute Gasteiger partial charge is 0.0889 e. The molecule has 0 aromatic heterocycles. The van der Waals surface area contributed by atoms with E-state index in [2.05, 4.69) is 52.3 Å². The van der Waals surface area contributed by atoms with E-state index in [4.69, 9.17) is 0 Å². The van der Waals surface area contributed by atoms with E-state index in [1.165, 1.54) is 0 Å². The van der Waals surface area contributed by atoms with Crippen molar-refractivity contribution in [3.63, 3.8) is 0 Å². The topological polar surface area (TPSA) is 0 Å². The minimum absolute atomic E-state index is 0.254. The van der Waals surface area contributed by atoms with Gasteiger partial charge >= 0.3 is 0 Å². The van der Waals surface area contributed by atoms with Crippen LogP contribution < -0.4 is 0 Å². The minimum atomic E-state index is 0.254. The van der Waals surface area contributed by atoms with Gasteiger partial charge in [-0.2, -0.15) is 0 Å². The van der Waals surface area contributed by atoms with Crippen molar-refractivity contribution in [1.82, 2.24) is 0 Å². The Kier molecular flexibility index (Phi) is 4.06. The van der Waals surface area contributed by atoms with Crippen LogP contribution in [0.25, 0.3) is 0 Å². The summed E-state index contributed by atoms with van der Waals surface area (Å²) in [4.78, 5) is 0. The summed E-state index contributed by atoms with van der Waals surface area (Å²) in [6, 6.07) is 0. The molecule has 0 fully saturated rings. The van der Waals surface area contributed by atoms with Crippen LogP contribution in [0, 0.1) is 0 Å². The summed E-state index contributed by atoms with van der Waals surface area (Å²) >= 11 is 6.86. The third-order valence-corrected chi connectivity index (χ3v) is 1.78. The Morgan fingerprint density at radius 1 is 1.56 bits per heavy atom. The van der Waals surface area contributed by atoms with Gasteiger partial charge in [-0.05, 0) is 17.3 Å². The average molecular weight is 256 g/mol. The molecule has 0 spiro atoms. The molecule has 0 aromatic rings. The molecule has 0 amide bonds. The number of halogens is 2. The lowest BCUT2D eigenvalue weighted by Crippen LogP contribution is -2.07. The Hall–Kier alpha value is 0.700. The van der Waals surface area contributed by atoms with E-state index in [0.717, 1.165) is 17.3 Å². The van der Waals surface area contributed by atoms with Gasteiger partial charge in [-0.25, -0.2) is 0 Å². The second kappa shape index (κ2) is 3.77. The summed E-state index contributed by atoms with van der Waals surface area (Å²) in [5, 5.41) is 0. The normalized spacial score (nSPS) is 11.6. The molecule has 0 rings (SSSR count). The quantitative estimate of drug-likeness (QED) is 0.673. The molecule has 0 saturated heterocycles. The Morgan fingerprint density at radius 2 is 2.00 bits per heavy atom. The number of allylic oxidation sites excluding steroid dienone is 1. The van der Waals surface area contributed by atoms with Crippen LogP contribution in [-0.4, -0.2) is 4.32 Å². The molecule has 0 aromatic carbocycles. The van der Waals surface area contributed by atoms with Crippen molar-refractivity contribution in [2.24, 2.45) is 0 Å². The number of hydrogen-bond acceptors (Lipinski definition) is 0. The van der Waals surface area contributed by atoms with E-state index in [1.54, 1.807) is 0 Å². The third kappa shape index (κ3) is 8.70. The molecule has 0 aliphatic rings. The lowest BCUT2D eigenvalue weighted by Gasteiger charge is -2.14. The first-order valence-corrected chi connectivity index (χ1v) is 4.52. The molecule has 0 unspecified atom stereocenters. The van der Waals surface area contributed by atoms with E-state index in [1.807, 2.05) is 0 Å². The van der Waals surface area contributed by atoms with Crippen molar-refractivity contribution in [3.05, 3.63) is 11.1 Å². The zero-order valence-corrected chi connectivity index (χ0v) is 9.05. The van der Waals surface area contributed by atoms with Gasteiger partial charge in [-0.1, -0.05) is 52.3 Å². The maximum atomic E-state index is 3.75. The highest BCUT2D eigenvalue weighted by Crippen LogP contribution is 2.25. The monoisotopic (exact) mass is 254 g/mol. The first kappa shape index (κ1) is 9.70. The molecule has 0 atom stereocenters. The van der Waals surface area contributed by atoms with Crippen LogP contribution in [0.2, 0.25) is 0 Å². The zero-order valence-electron chi connectivity index (χ0n) is 5.88. The Morgan fingerprint density at radius 3 is 2.11 bits per heavy atom. The van der Waals surface area contributed by atoms with Crippen LogP contribution in [-0.2, 0) is 0 Å². The smallest absolute Gasteiger partial charge is 0.0205 e. The second-order valence-corrected chi connectivity index (χ2v) is 6.00. The van der Waals surface area contributed by atoms with Gasteiger partial charge in [0, 0.05) is 4.32 Å². The maximum absolute atomic E-state index is 3.75. The average Bonchev–Trinajstić information content (AvgIpc) is 1.59. The molecule has 0 saturated carbocycles. The summed E-state index contributed by atoms with van der Waals surface area (Å²) in [5.74, 6) is 0. The number of alkyl halides is 1. The number of hydrogen-bond donors (Lipinski definition) is 0. The van der Waals surface area contributed by atoms with Crippen LogP contribution in [0.1, 0.15) is 26.7 Å². The Labute approximate surface area is 74.0 Å². The van der Waals surface area contributed by atoms with E-state index in [9.17, 15) is 0 Å². The molecule has 0 N–H and O–H groups in total. The lowest BCUT2D eigenvalue weighted by atomic mass is 10.1. The lowest BCUT2D eigenvalue weighted by molar-refractivity contribution is 0.661. The summed E-state index contributed by atoms with van der Waals surface area (Å²) in [7, 11) is 0. The Balaban J connectivity index is 3.39. The van der Waals surface area contributed by atoms with E-state index in [0.29, 0.717) is 0 Å². The highest BCUT2D eigenvalue weighted by Gasteiger charge is 2.11. The SMILES string of the molecule is C=C(Br)CCC(C)(C)Br. The van der Waals surface area contributed by atoms with Crippen molar-refractivity contribution < 1.29 is 0 Å². The summed E-state index contributed by atoms with van der Waals surface area (Å²) in [6.07, 6.45) is 2.16.